The molecule has 0 saturated carbocycles. The van der Waals surface area contributed by atoms with Gasteiger partial charge in [0.2, 0.25) is 5.75 Å². The van der Waals surface area contributed by atoms with E-state index in [4.69, 9.17) is 5.73 Å². The molecule has 19 heavy (non-hydrogen) atoms. The number of alkyl halides is 3. The number of aromatic nitrogens is 1. The lowest BCUT2D eigenvalue weighted by atomic mass is 10.1. The van der Waals surface area contributed by atoms with E-state index in [1.54, 1.807) is 0 Å². The average molecular weight is 296 g/mol. The number of rotatable bonds is 2. The van der Waals surface area contributed by atoms with E-state index in [1.807, 2.05) is 0 Å². The molecule has 1 aromatic heterocycles. The summed E-state index contributed by atoms with van der Waals surface area (Å²) < 4.78 is 66.5. The van der Waals surface area contributed by atoms with E-state index in [1.165, 1.54) is 5.38 Å². The maximum Gasteiger partial charge on any atom is 0.573 e. The van der Waals surface area contributed by atoms with Gasteiger partial charge in [-0.2, -0.15) is 0 Å². The van der Waals surface area contributed by atoms with Crippen molar-refractivity contribution < 1.29 is 26.7 Å². The van der Waals surface area contributed by atoms with Gasteiger partial charge in [-0.25, -0.2) is 13.8 Å². The van der Waals surface area contributed by atoms with Crippen LogP contribution in [0.15, 0.2) is 17.5 Å². The maximum atomic E-state index is 13.8. The lowest BCUT2D eigenvalue weighted by Crippen LogP contribution is -2.19. The van der Waals surface area contributed by atoms with E-state index in [0.29, 0.717) is 6.07 Å². The maximum absolute atomic E-state index is 13.8. The minimum Gasteiger partial charge on any atom is -0.399 e. The van der Waals surface area contributed by atoms with Gasteiger partial charge in [-0.05, 0) is 12.1 Å². The Balaban J connectivity index is 2.51. The van der Waals surface area contributed by atoms with E-state index in [-0.39, 0.29) is 16.4 Å². The number of benzene rings is 1. The number of anilines is 1. The number of ether oxygens (including phenoxy) is 1. The van der Waals surface area contributed by atoms with Crippen LogP contribution < -0.4 is 10.5 Å². The van der Waals surface area contributed by atoms with E-state index in [2.05, 4.69) is 9.72 Å². The summed E-state index contributed by atoms with van der Waals surface area (Å²) in [6, 6.07) is 1.62. The normalized spacial score (nSPS) is 11.6. The zero-order valence-electron chi connectivity index (χ0n) is 8.96. The molecule has 0 fully saturated rings. The lowest BCUT2D eigenvalue weighted by molar-refractivity contribution is -0.276. The molecule has 2 N–H and O–H groups in total. The van der Waals surface area contributed by atoms with E-state index in [9.17, 15) is 22.0 Å². The second kappa shape index (κ2) is 4.65. The van der Waals surface area contributed by atoms with Gasteiger partial charge >= 0.3 is 6.36 Å². The first kappa shape index (κ1) is 13.5. The molecule has 1 heterocycles. The Morgan fingerprint density at radius 2 is 1.89 bits per heavy atom. The minimum absolute atomic E-state index is 0.00650. The van der Waals surface area contributed by atoms with E-state index < -0.39 is 23.7 Å². The Morgan fingerprint density at radius 1 is 1.21 bits per heavy atom. The fourth-order valence-corrected chi connectivity index (χ4v) is 1.91. The van der Waals surface area contributed by atoms with Crippen LogP contribution in [-0.2, 0) is 0 Å². The number of nitrogens with zero attached hydrogens (tertiary/aromatic N) is 1. The summed E-state index contributed by atoms with van der Waals surface area (Å²) in [6.07, 6.45) is -5.19. The number of thiazole rings is 1. The Bertz CT molecular complexity index is 610. The molecule has 0 unspecified atom stereocenters. The van der Waals surface area contributed by atoms with E-state index in [0.717, 1.165) is 17.4 Å². The van der Waals surface area contributed by atoms with Crippen molar-refractivity contribution >= 4 is 16.5 Å². The molecule has 0 aliphatic carbocycles. The zero-order valence-corrected chi connectivity index (χ0v) is 9.78. The minimum atomic E-state index is -5.19. The molecule has 102 valence electrons. The fraction of sp³-hybridized carbons (Fsp3) is 0.100. The molecule has 0 aliphatic heterocycles. The van der Waals surface area contributed by atoms with Crippen molar-refractivity contribution in [1.82, 2.24) is 4.98 Å². The predicted molar refractivity (Wildman–Crippen MR) is 58.6 cm³/mol. The zero-order chi connectivity index (χ0) is 14.2. The Labute approximate surface area is 107 Å². The van der Waals surface area contributed by atoms with Crippen molar-refractivity contribution in [2.45, 2.75) is 6.36 Å². The molecule has 9 heteroatoms. The summed E-state index contributed by atoms with van der Waals surface area (Å²) in [5.74, 6) is -4.46. The molecule has 0 spiro atoms. The number of nitrogens with two attached hydrogens (primary N) is 1. The van der Waals surface area contributed by atoms with E-state index >= 15 is 0 Å². The number of nitrogen functional groups attached to an aromatic ring is 1. The van der Waals surface area contributed by atoms with Crippen molar-refractivity contribution in [1.29, 1.82) is 0 Å². The summed E-state index contributed by atoms with van der Waals surface area (Å²) in [7, 11) is 0. The Hall–Kier alpha value is -1.90. The van der Waals surface area contributed by atoms with Crippen LogP contribution in [0.25, 0.3) is 11.3 Å². The summed E-state index contributed by atoms with van der Waals surface area (Å²) >= 11 is 0.974. The highest BCUT2D eigenvalue weighted by Gasteiger charge is 2.34. The molecule has 0 saturated heterocycles. The second-order valence-corrected chi connectivity index (χ2v) is 4.25. The third-order valence-corrected chi connectivity index (χ3v) is 2.74. The van der Waals surface area contributed by atoms with Gasteiger partial charge in [-0.15, -0.1) is 24.5 Å². The highest BCUT2D eigenvalue weighted by atomic mass is 32.1. The first-order valence-electron chi connectivity index (χ1n) is 4.73. The molecule has 2 rings (SSSR count). The smallest absolute Gasteiger partial charge is 0.399 e. The van der Waals surface area contributed by atoms with Crippen LogP contribution in [0.5, 0.6) is 5.75 Å². The fourth-order valence-electron chi connectivity index (χ4n) is 1.35. The summed E-state index contributed by atoms with van der Waals surface area (Å²) in [6.45, 7) is 0. The van der Waals surface area contributed by atoms with Gasteiger partial charge in [0.15, 0.2) is 16.8 Å². The topological polar surface area (TPSA) is 48.1 Å². The van der Waals surface area contributed by atoms with Gasteiger partial charge in [0, 0.05) is 10.9 Å². The molecular weight excluding hydrogens is 291 g/mol. The van der Waals surface area contributed by atoms with Gasteiger partial charge in [0.05, 0.1) is 5.69 Å². The van der Waals surface area contributed by atoms with Crippen LogP contribution >= 0.6 is 11.3 Å². The van der Waals surface area contributed by atoms with Crippen LogP contribution in [0.1, 0.15) is 0 Å². The van der Waals surface area contributed by atoms with Crippen molar-refractivity contribution in [2.75, 3.05) is 5.73 Å². The molecule has 2 aromatic rings. The van der Waals surface area contributed by atoms with Crippen LogP contribution in [0.2, 0.25) is 0 Å². The molecule has 1 aromatic carbocycles. The Kier molecular flexibility index (Phi) is 3.31. The SMILES string of the molecule is Nc1nc(-c2ccc(F)c(OC(F)(F)F)c2F)cs1. The molecule has 0 bridgehead atoms. The first-order chi connectivity index (χ1) is 8.78. The Morgan fingerprint density at radius 3 is 2.42 bits per heavy atom. The highest BCUT2D eigenvalue weighted by Crippen LogP contribution is 2.35. The van der Waals surface area contributed by atoms with Gasteiger partial charge < -0.3 is 10.5 Å². The van der Waals surface area contributed by atoms with Crippen molar-refractivity contribution in [2.24, 2.45) is 0 Å². The molecule has 3 nitrogen and oxygen atoms in total. The molecule has 0 aliphatic rings. The number of hydrogen-bond donors (Lipinski definition) is 1. The van der Waals surface area contributed by atoms with Gasteiger partial charge in [-0.3, -0.25) is 0 Å². The highest BCUT2D eigenvalue weighted by molar-refractivity contribution is 7.13. The van der Waals surface area contributed by atoms with Gasteiger partial charge in [0.25, 0.3) is 0 Å². The number of hydrogen-bond acceptors (Lipinski definition) is 4. The molecule has 0 amide bonds. The van der Waals surface area contributed by atoms with Gasteiger partial charge in [0.1, 0.15) is 0 Å². The summed E-state index contributed by atoms with van der Waals surface area (Å²) in [5, 5.41) is 1.44. The van der Waals surface area contributed by atoms with Crippen LogP contribution in [-0.4, -0.2) is 11.3 Å². The third-order valence-electron chi connectivity index (χ3n) is 2.06. The standard InChI is InChI=1S/C10H5F5N2OS/c11-5-2-1-4(6-3-19-9(16)17-6)7(12)8(5)18-10(13,14)15/h1-3H,(H2,16,17). The second-order valence-electron chi connectivity index (χ2n) is 3.36. The first-order valence-corrected chi connectivity index (χ1v) is 5.61. The molecular formula is C10H5F5N2OS. The molecule has 0 atom stereocenters. The largest absolute Gasteiger partial charge is 0.573 e. The number of halogens is 5. The predicted octanol–water partition coefficient (Wildman–Crippen LogP) is 3.57. The average Bonchev–Trinajstić information content (AvgIpc) is 2.70. The van der Waals surface area contributed by atoms with Crippen molar-refractivity contribution in [3.8, 4) is 17.0 Å². The quantitative estimate of drug-likeness (QED) is 0.862. The third kappa shape index (κ3) is 2.92. The summed E-state index contributed by atoms with van der Waals surface area (Å²) in [4.78, 5) is 3.71. The van der Waals surface area contributed by atoms with Gasteiger partial charge in [-0.1, -0.05) is 0 Å². The summed E-state index contributed by atoms with van der Waals surface area (Å²) in [5.41, 5.74) is 5.02. The van der Waals surface area contributed by atoms with Crippen molar-refractivity contribution in [3.63, 3.8) is 0 Å². The molecule has 0 radical (unpaired) electrons. The van der Waals surface area contributed by atoms with Crippen LogP contribution in [0.3, 0.4) is 0 Å². The van der Waals surface area contributed by atoms with Crippen LogP contribution in [0.4, 0.5) is 27.1 Å². The lowest BCUT2D eigenvalue weighted by Gasteiger charge is -2.12. The van der Waals surface area contributed by atoms with Crippen molar-refractivity contribution in [3.05, 3.63) is 29.1 Å². The van der Waals surface area contributed by atoms with Crippen LogP contribution in [0, 0.1) is 11.6 Å². The monoisotopic (exact) mass is 296 g/mol.